The van der Waals surface area contributed by atoms with Gasteiger partial charge in [-0.2, -0.15) is 0 Å². The van der Waals surface area contributed by atoms with E-state index in [0.717, 1.165) is 64.2 Å². The van der Waals surface area contributed by atoms with Gasteiger partial charge in [0.25, 0.3) is 0 Å². The molecule has 2 saturated heterocycles. The minimum absolute atomic E-state index is 0.710. The number of morpholine rings is 1. The lowest BCUT2D eigenvalue weighted by molar-refractivity contribution is 0.0322. The number of rotatable bonds is 6. The molecule has 1 aromatic rings. The molecule has 6 nitrogen and oxygen atoms in total. The molecule has 2 aliphatic heterocycles. The van der Waals surface area contributed by atoms with Crippen LogP contribution in [-0.4, -0.2) is 75.4 Å². The Morgan fingerprint density at radius 1 is 1.21 bits per heavy atom. The van der Waals surface area contributed by atoms with Crippen LogP contribution in [0, 0.1) is 11.8 Å². The summed E-state index contributed by atoms with van der Waals surface area (Å²) in [7, 11) is 1.87. The molecule has 156 valence electrons. The van der Waals surface area contributed by atoms with E-state index >= 15 is 0 Å². The highest BCUT2D eigenvalue weighted by molar-refractivity contribution is 5.80. The second-order valence-corrected chi connectivity index (χ2v) is 8.20. The molecule has 0 saturated carbocycles. The van der Waals surface area contributed by atoms with Crippen molar-refractivity contribution in [2.45, 2.75) is 26.8 Å². The summed E-state index contributed by atoms with van der Waals surface area (Å²) in [5, 5.41) is 3.53. The topological polar surface area (TPSA) is 49.3 Å². The third-order valence-electron chi connectivity index (χ3n) is 5.51. The molecule has 28 heavy (non-hydrogen) atoms. The van der Waals surface area contributed by atoms with Gasteiger partial charge in [0.1, 0.15) is 12.4 Å². The fraction of sp³-hybridized carbons (Fsp3) is 0.682. The zero-order chi connectivity index (χ0) is 19.8. The van der Waals surface area contributed by atoms with Crippen molar-refractivity contribution >= 4 is 5.96 Å². The third-order valence-corrected chi connectivity index (χ3v) is 5.51. The van der Waals surface area contributed by atoms with E-state index in [0.29, 0.717) is 18.4 Å². The van der Waals surface area contributed by atoms with Crippen LogP contribution in [0.5, 0.6) is 5.75 Å². The average Bonchev–Trinajstić information content (AvgIpc) is 2.69. The van der Waals surface area contributed by atoms with E-state index in [1.165, 1.54) is 12.0 Å². The van der Waals surface area contributed by atoms with Crippen molar-refractivity contribution in [3.8, 4) is 5.75 Å². The summed E-state index contributed by atoms with van der Waals surface area (Å²) in [6.45, 7) is 12.9. The lowest BCUT2D eigenvalue weighted by atomic mass is 9.92. The summed E-state index contributed by atoms with van der Waals surface area (Å²) in [6, 6.07) is 8.36. The number of guanidine groups is 1. The molecule has 2 fully saturated rings. The Bertz CT molecular complexity index is 621. The molecule has 2 atom stereocenters. The summed E-state index contributed by atoms with van der Waals surface area (Å²) in [5.41, 5.74) is 1.21. The molecule has 2 unspecified atom stereocenters. The van der Waals surface area contributed by atoms with Gasteiger partial charge < -0.3 is 19.7 Å². The molecule has 0 aromatic heterocycles. The van der Waals surface area contributed by atoms with E-state index < -0.39 is 0 Å². The first-order chi connectivity index (χ1) is 13.6. The van der Waals surface area contributed by atoms with Crippen LogP contribution in [0.1, 0.15) is 25.8 Å². The lowest BCUT2D eigenvalue weighted by Gasteiger charge is -2.37. The van der Waals surface area contributed by atoms with Crippen LogP contribution in [0.25, 0.3) is 0 Å². The molecule has 1 N–H and O–H groups in total. The van der Waals surface area contributed by atoms with Crippen LogP contribution in [0.15, 0.2) is 29.3 Å². The quantitative estimate of drug-likeness (QED) is 0.599. The number of ether oxygens (including phenoxy) is 2. The van der Waals surface area contributed by atoms with Crippen molar-refractivity contribution < 1.29 is 9.47 Å². The highest BCUT2D eigenvalue weighted by Crippen LogP contribution is 2.21. The normalized spacial score (nSPS) is 24.2. The first-order valence-corrected chi connectivity index (χ1v) is 10.6. The van der Waals surface area contributed by atoms with Gasteiger partial charge in [-0.15, -0.1) is 0 Å². The molecule has 3 rings (SSSR count). The molecule has 6 heteroatoms. The lowest BCUT2D eigenvalue weighted by Crippen LogP contribution is -2.48. The number of hydrogen-bond acceptors (Lipinski definition) is 4. The average molecular weight is 389 g/mol. The fourth-order valence-electron chi connectivity index (χ4n) is 4.21. The van der Waals surface area contributed by atoms with Crippen molar-refractivity contribution in [3.05, 3.63) is 29.8 Å². The van der Waals surface area contributed by atoms with Crippen LogP contribution < -0.4 is 10.1 Å². The van der Waals surface area contributed by atoms with Crippen molar-refractivity contribution in [3.63, 3.8) is 0 Å². The summed E-state index contributed by atoms with van der Waals surface area (Å²) < 4.78 is 11.4. The maximum Gasteiger partial charge on any atom is 0.193 e. The highest BCUT2D eigenvalue weighted by Gasteiger charge is 2.23. The van der Waals surface area contributed by atoms with E-state index in [9.17, 15) is 0 Å². The van der Waals surface area contributed by atoms with Gasteiger partial charge in [-0.1, -0.05) is 26.0 Å². The second kappa shape index (κ2) is 10.7. The molecular weight excluding hydrogens is 352 g/mol. The number of benzene rings is 1. The van der Waals surface area contributed by atoms with Crippen molar-refractivity contribution in [2.75, 3.05) is 59.6 Å². The first-order valence-electron chi connectivity index (χ1n) is 10.6. The minimum Gasteiger partial charge on any atom is -0.492 e. The van der Waals surface area contributed by atoms with E-state index in [1.54, 1.807) is 0 Å². The molecule has 2 heterocycles. The molecule has 0 aliphatic carbocycles. The summed E-state index contributed by atoms with van der Waals surface area (Å²) in [4.78, 5) is 9.28. The summed E-state index contributed by atoms with van der Waals surface area (Å²) in [6.07, 6.45) is 1.30. The zero-order valence-electron chi connectivity index (χ0n) is 17.7. The largest absolute Gasteiger partial charge is 0.492 e. The molecule has 0 radical (unpaired) electrons. The SMILES string of the molecule is CN=C(NCc1cccc(OCCN2CCOCC2)c1)N1CC(C)CC(C)C1. The highest BCUT2D eigenvalue weighted by atomic mass is 16.5. The summed E-state index contributed by atoms with van der Waals surface area (Å²) >= 11 is 0. The maximum absolute atomic E-state index is 5.98. The van der Waals surface area contributed by atoms with Crippen LogP contribution in [0.3, 0.4) is 0 Å². The van der Waals surface area contributed by atoms with Crippen LogP contribution >= 0.6 is 0 Å². The van der Waals surface area contributed by atoms with Gasteiger partial charge in [0, 0.05) is 46.3 Å². The Kier molecular flexibility index (Phi) is 7.98. The monoisotopic (exact) mass is 388 g/mol. The van der Waals surface area contributed by atoms with Gasteiger partial charge in [-0.05, 0) is 36.0 Å². The van der Waals surface area contributed by atoms with Gasteiger partial charge in [-0.25, -0.2) is 0 Å². The minimum atomic E-state index is 0.710. The van der Waals surface area contributed by atoms with Crippen molar-refractivity contribution in [2.24, 2.45) is 16.8 Å². The number of likely N-dealkylation sites (tertiary alicyclic amines) is 1. The molecule has 0 amide bonds. The van der Waals surface area contributed by atoms with E-state index in [2.05, 4.69) is 52.2 Å². The van der Waals surface area contributed by atoms with Crippen molar-refractivity contribution in [1.82, 2.24) is 15.1 Å². The molecule has 1 aromatic carbocycles. The maximum atomic E-state index is 5.98. The standard InChI is InChI=1S/C22H36N4O2/c1-18-13-19(2)17-26(16-18)22(23-3)24-15-20-5-4-6-21(14-20)28-12-9-25-7-10-27-11-8-25/h4-6,14,18-19H,7-13,15-17H2,1-3H3,(H,23,24). The number of hydrogen-bond donors (Lipinski definition) is 1. The van der Waals surface area contributed by atoms with Crippen LogP contribution in [-0.2, 0) is 11.3 Å². The first kappa shape index (κ1) is 20.9. The Morgan fingerprint density at radius 3 is 2.68 bits per heavy atom. The third kappa shape index (κ3) is 6.38. The van der Waals surface area contributed by atoms with Gasteiger partial charge in [0.2, 0.25) is 0 Å². The van der Waals surface area contributed by atoms with Crippen LogP contribution in [0.2, 0.25) is 0 Å². The summed E-state index contributed by atoms with van der Waals surface area (Å²) in [5.74, 6) is 3.36. The van der Waals surface area contributed by atoms with Gasteiger partial charge in [0.05, 0.1) is 13.2 Å². The smallest absolute Gasteiger partial charge is 0.193 e. The predicted molar refractivity (Wildman–Crippen MR) is 114 cm³/mol. The fourth-order valence-corrected chi connectivity index (χ4v) is 4.21. The Hall–Kier alpha value is -1.79. The number of piperidine rings is 1. The van der Waals surface area contributed by atoms with Crippen LogP contribution in [0.4, 0.5) is 0 Å². The van der Waals surface area contributed by atoms with Gasteiger partial charge >= 0.3 is 0 Å². The van der Waals surface area contributed by atoms with Crippen molar-refractivity contribution in [1.29, 1.82) is 0 Å². The van der Waals surface area contributed by atoms with Gasteiger partial charge in [0.15, 0.2) is 5.96 Å². The van der Waals surface area contributed by atoms with E-state index in [-0.39, 0.29) is 0 Å². The number of nitrogens with one attached hydrogen (secondary N) is 1. The Balaban J connectivity index is 1.46. The second-order valence-electron chi connectivity index (χ2n) is 8.20. The van der Waals surface area contributed by atoms with E-state index in [4.69, 9.17) is 9.47 Å². The Labute approximate surface area is 169 Å². The zero-order valence-corrected chi connectivity index (χ0v) is 17.7. The number of nitrogens with zero attached hydrogens (tertiary/aromatic N) is 3. The molecular formula is C22H36N4O2. The molecule has 0 bridgehead atoms. The predicted octanol–water partition coefficient (Wildman–Crippen LogP) is 2.45. The molecule has 2 aliphatic rings. The Morgan fingerprint density at radius 2 is 1.96 bits per heavy atom. The molecule has 0 spiro atoms. The van der Waals surface area contributed by atoms with E-state index in [1.807, 2.05) is 13.1 Å². The van der Waals surface area contributed by atoms with Gasteiger partial charge in [-0.3, -0.25) is 9.89 Å². The number of aliphatic imine (C=N–C) groups is 1.